The summed E-state index contributed by atoms with van der Waals surface area (Å²) in [6.07, 6.45) is 2.43. The Bertz CT molecular complexity index is 969. The Kier molecular flexibility index (Phi) is 5.36. The van der Waals surface area contributed by atoms with Crippen LogP contribution < -0.4 is 15.5 Å². The van der Waals surface area contributed by atoms with E-state index in [0.717, 1.165) is 25.2 Å². The second-order valence-corrected chi connectivity index (χ2v) is 7.54. The van der Waals surface area contributed by atoms with Gasteiger partial charge in [-0.2, -0.15) is 0 Å². The molecular weight excluding hydrogens is 403 g/mol. The number of amides is 1. The summed E-state index contributed by atoms with van der Waals surface area (Å²) < 4.78 is 13.3. The van der Waals surface area contributed by atoms with E-state index in [1.54, 1.807) is 29.8 Å². The van der Waals surface area contributed by atoms with Crippen LogP contribution in [0.5, 0.6) is 0 Å². The number of nitrogens with zero attached hydrogens (tertiary/aromatic N) is 4. The molecule has 0 spiro atoms. The number of carbonyl (C=O) groups excluding carboxylic acids is 1. The van der Waals surface area contributed by atoms with Gasteiger partial charge < -0.3 is 10.2 Å². The molecule has 1 aromatic carbocycles. The molecule has 7 nitrogen and oxygen atoms in total. The Morgan fingerprint density at radius 2 is 2.21 bits per heavy atom. The minimum atomic E-state index is -0.418. The first kappa shape index (κ1) is 18.6. The fourth-order valence-corrected chi connectivity index (χ4v) is 3.63. The molecule has 0 aliphatic carbocycles. The van der Waals surface area contributed by atoms with Gasteiger partial charge in [-0.1, -0.05) is 22.9 Å². The van der Waals surface area contributed by atoms with Crippen LogP contribution in [-0.2, 0) is 0 Å². The number of hydrogen-bond acceptors (Lipinski definition) is 7. The molecule has 0 radical (unpaired) electrons. The van der Waals surface area contributed by atoms with Gasteiger partial charge in [0.05, 0.1) is 10.6 Å². The number of hydrogen-bond donors (Lipinski definition) is 2. The molecule has 1 aliphatic heterocycles. The maximum Gasteiger partial charge on any atom is 0.259 e. The summed E-state index contributed by atoms with van der Waals surface area (Å²) in [5, 5.41) is 14.1. The van der Waals surface area contributed by atoms with Crippen molar-refractivity contribution in [3.63, 3.8) is 0 Å². The number of halogens is 2. The monoisotopic (exact) mass is 418 g/mol. The zero-order valence-corrected chi connectivity index (χ0v) is 16.2. The summed E-state index contributed by atoms with van der Waals surface area (Å²) in [6.45, 7) is 1.59. The van der Waals surface area contributed by atoms with Gasteiger partial charge in [-0.05, 0) is 36.8 Å². The van der Waals surface area contributed by atoms with Crippen molar-refractivity contribution >= 4 is 45.5 Å². The lowest BCUT2D eigenvalue weighted by Gasteiger charge is -2.19. The number of aromatic nitrogens is 3. The lowest BCUT2D eigenvalue weighted by atomic mass is 10.2. The zero-order chi connectivity index (χ0) is 19.5. The average Bonchev–Trinajstić information content (AvgIpc) is 3.37. The fraction of sp³-hybridized carbons (Fsp3) is 0.222. The van der Waals surface area contributed by atoms with Crippen molar-refractivity contribution in [2.24, 2.45) is 0 Å². The van der Waals surface area contributed by atoms with Crippen molar-refractivity contribution < 1.29 is 9.18 Å². The maximum atomic E-state index is 13.3. The molecule has 1 unspecified atom stereocenters. The number of pyridine rings is 1. The van der Waals surface area contributed by atoms with Gasteiger partial charge in [-0.15, -0.1) is 10.2 Å². The third kappa shape index (κ3) is 4.20. The van der Waals surface area contributed by atoms with Gasteiger partial charge in [0.1, 0.15) is 17.1 Å². The van der Waals surface area contributed by atoms with E-state index in [1.165, 1.54) is 23.6 Å². The molecule has 1 amide bonds. The van der Waals surface area contributed by atoms with Crippen molar-refractivity contribution in [1.82, 2.24) is 15.2 Å². The van der Waals surface area contributed by atoms with Gasteiger partial charge >= 0.3 is 0 Å². The van der Waals surface area contributed by atoms with E-state index in [9.17, 15) is 9.18 Å². The van der Waals surface area contributed by atoms with E-state index in [4.69, 9.17) is 11.6 Å². The second kappa shape index (κ2) is 8.07. The topological polar surface area (TPSA) is 83.0 Å². The molecular formula is C18H16ClFN6OS. The maximum absolute atomic E-state index is 13.3. The van der Waals surface area contributed by atoms with Crippen LogP contribution in [0.15, 0.2) is 42.0 Å². The molecule has 10 heteroatoms. The molecule has 1 fully saturated rings. The fourth-order valence-electron chi connectivity index (χ4n) is 3.01. The molecule has 1 aliphatic rings. The van der Waals surface area contributed by atoms with Gasteiger partial charge in [0, 0.05) is 31.0 Å². The highest BCUT2D eigenvalue weighted by molar-refractivity contribution is 7.13. The van der Waals surface area contributed by atoms with Gasteiger partial charge in [-0.3, -0.25) is 10.1 Å². The minimum absolute atomic E-state index is 0.123. The molecule has 0 saturated carbocycles. The third-order valence-electron chi connectivity index (χ3n) is 4.41. The van der Waals surface area contributed by atoms with Crippen LogP contribution in [-0.4, -0.2) is 40.2 Å². The Morgan fingerprint density at radius 1 is 1.32 bits per heavy atom. The van der Waals surface area contributed by atoms with E-state index in [2.05, 4.69) is 30.7 Å². The lowest BCUT2D eigenvalue weighted by Crippen LogP contribution is -2.26. The van der Waals surface area contributed by atoms with Crippen LogP contribution >= 0.6 is 22.9 Å². The number of benzene rings is 1. The lowest BCUT2D eigenvalue weighted by molar-refractivity contribution is 0.102. The molecule has 2 aromatic heterocycles. The first-order valence-electron chi connectivity index (χ1n) is 8.58. The number of carbonyl (C=O) groups is 1. The van der Waals surface area contributed by atoms with E-state index in [0.29, 0.717) is 16.5 Å². The van der Waals surface area contributed by atoms with Gasteiger partial charge in [0.15, 0.2) is 0 Å². The predicted molar refractivity (Wildman–Crippen MR) is 108 cm³/mol. The number of anilines is 3. The second-order valence-electron chi connectivity index (χ2n) is 6.30. The van der Waals surface area contributed by atoms with Crippen LogP contribution in [0.4, 0.5) is 21.0 Å². The molecule has 0 bridgehead atoms. The quantitative estimate of drug-likeness (QED) is 0.657. The van der Waals surface area contributed by atoms with Crippen molar-refractivity contribution in [3.8, 4) is 0 Å². The highest BCUT2D eigenvalue weighted by Gasteiger charge is 2.23. The molecule has 1 saturated heterocycles. The normalized spacial score (nSPS) is 16.2. The predicted octanol–water partition coefficient (Wildman–Crippen LogP) is 3.67. The van der Waals surface area contributed by atoms with E-state index < -0.39 is 5.82 Å². The number of nitrogens with one attached hydrogen (secondary N) is 2. The minimum Gasteiger partial charge on any atom is -0.369 e. The Hall–Kier alpha value is -2.78. The summed E-state index contributed by atoms with van der Waals surface area (Å²) in [6, 6.07) is 8.42. The van der Waals surface area contributed by atoms with Crippen LogP contribution in [0.1, 0.15) is 16.8 Å². The van der Waals surface area contributed by atoms with Crippen molar-refractivity contribution in [2.45, 2.75) is 12.5 Å². The van der Waals surface area contributed by atoms with E-state index >= 15 is 0 Å². The summed E-state index contributed by atoms with van der Waals surface area (Å²) in [4.78, 5) is 18.6. The third-order valence-corrected chi connectivity index (χ3v) is 5.31. The van der Waals surface area contributed by atoms with Crippen molar-refractivity contribution in [1.29, 1.82) is 0 Å². The first-order chi connectivity index (χ1) is 13.6. The molecule has 144 valence electrons. The molecule has 3 heterocycles. The Balaban J connectivity index is 1.34. The van der Waals surface area contributed by atoms with E-state index in [1.807, 2.05) is 0 Å². The standard InChI is InChI=1S/C18H16ClFN6OS/c19-14-7-13(2-3-15(14)20)26-6-5-12(9-26)23-16-4-1-11(8-21-16)17(27)24-18-25-22-10-28-18/h1-4,7-8,10,12H,5-6,9H2,(H,21,23)(H,24,25,27). The summed E-state index contributed by atoms with van der Waals surface area (Å²) >= 11 is 7.13. The molecule has 4 rings (SSSR count). The molecule has 28 heavy (non-hydrogen) atoms. The van der Waals surface area contributed by atoms with Crippen LogP contribution in [0, 0.1) is 5.82 Å². The zero-order valence-electron chi connectivity index (χ0n) is 14.6. The number of rotatable bonds is 5. The van der Waals surface area contributed by atoms with Crippen LogP contribution in [0.3, 0.4) is 0 Å². The smallest absolute Gasteiger partial charge is 0.259 e. The van der Waals surface area contributed by atoms with Crippen LogP contribution in [0.25, 0.3) is 0 Å². The average molecular weight is 419 g/mol. The largest absolute Gasteiger partial charge is 0.369 e. The SMILES string of the molecule is O=C(Nc1nncs1)c1ccc(NC2CCN(c3ccc(F)c(Cl)c3)C2)nc1. The highest BCUT2D eigenvalue weighted by Crippen LogP contribution is 2.26. The Morgan fingerprint density at radius 3 is 2.93 bits per heavy atom. The molecule has 3 aromatic rings. The first-order valence-corrected chi connectivity index (χ1v) is 9.84. The molecule has 2 N–H and O–H groups in total. The van der Waals surface area contributed by atoms with E-state index in [-0.39, 0.29) is 17.0 Å². The van der Waals surface area contributed by atoms with Gasteiger partial charge in [0.2, 0.25) is 5.13 Å². The van der Waals surface area contributed by atoms with Gasteiger partial charge in [0.25, 0.3) is 5.91 Å². The summed E-state index contributed by atoms with van der Waals surface area (Å²) in [5.41, 5.74) is 2.88. The van der Waals surface area contributed by atoms with Crippen LogP contribution in [0.2, 0.25) is 5.02 Å². The summed E-state index contributed by atoms with van der Waals surface area (Å²) in [7, 11) is 0. The molecule has 1 atom stereocenters. The highest BCUT2D eigenvalue weighted by atomic mass is 35.5. The summed E-state index contributed by atoms with van der Waals surface area (Å²) in [5.74, 6) is -0.00813. The Labute approximate surface area is 169 Å². The van der Waals surface area contributed by atoms with Gasteiger partial charge in [-0.25, -0.2) is 9.37 Å². The van der Waals surface area contributed by atoms with Crippen molar-refractivity contribution in [2.75, 3.05) is 28.6 Å². The van der Waals surface area contributed by atoms with Crippen molar-refractivity contribution in [3.05, 3.63) is 58.4 Å².